The van der Waals surface area contributed by atoms with Crippen LogP contribution in [0.25, 0.3) is 21.9 Å². The van der Waals surface area contributed by atoms with Crippen molar-refractivity contribution in [3.8, 4) is 0 Å². The number of hydrogen-bond donors (Lipinski definition) is 1. The van der Waals surface area contributed by atoms with Gasteiger partial charge in [0.25, 0.3) is 0 Å². The van der Waals surface area contributed by atoms with Crippen molar-refractivity contribution in [3.05, 3.63) is 80.4 Å². The molecule has 0 unspecified atom stereocenters. The van der Waals surface area contributed by atoms with Crippen molar-refractivity contribution in [2.75, 3.05) is 0 Å². The number of rotatable bonds is 5. The molecule has 1 amide bonds. The topological polar surface area (TPSA) is 72.5 Å². The molecule has 2 aromatic heterocycles. The SMILES string of the molecule is Cc1coc2cc3oc(=O)c(CCC(=O)NCc4cccc(Cl)c4)c(C)c3cc12. The van der Waals surface area contributed by atoms with Crippen LogP contribution < -0.4 is 10.9 Å². The van der Waals surface area contributed by atoms with Crippen LogP contribution in [0.4, 0.5) is 0 Å². The number of aryl methyl sites for hydroxylation is 2. The van der Waals surface area contributed by atoms with Crippen LogP contribution in [0.1, 0.15) is 28.7 Å². The highest BCUT2D eigenvalue weighted by atomic mass is 35.5. The third-order valence-corrected chi connectivity index (χ3v) is 5.39. The summed E-state index contributed by atoms with van der Waals surface area (Å²) in [6, 6.07) is 11.0. The molecule has 148 valence electrons. The fourth-order valence-corrected chi connectivity index (χ4v) is 3.71. The van der Waals surface area contributed by atoms with E-state index >= 15 is 0 Å². The lowest BCUT2D eigenvalue weighted by Crippen LogP contribution is -2.24. The summed E-state index contributed by atoms with van der Waals surface area (Å²) in [5.41, 5.74) is 4.06. The Bertz CT molecular complexity index is 1290. The van der Waals surface area contributed by atoms with Gasteiger partial charge in [-0.15, -0.1) is 0 Å². The fourth-order valence-electron chi connectivity index (χ4n) is 3.50. The monoisotopic (exact) mass is 409 g/mol. The van der Waals surface area contributed by atoms with E-state index in [2.05, 4.69) is 5.32 Å². The van der Waals surface area contributed by atoms with Crippen LogP contribution in [0.5, 0.6) is 0 Å². The molecule has 29 heavy (non-hydrogen) atoms. The molecule has 0 spiro atoms. The number of amides is 1. The van der Waals surface area contributed by atoms with Crippen LogP contribution >= 0.6 is 11.6 Å². The molecule has 2 aromatic carbocycles. The minimum absolute atomic E-state index is 0.134. The first kappa shape index (κ1) is 19.3. The number of carbonyl (C=O) groups excluding carboxylic acids is 1. The summed E-state index contributed by atoms with van der Waals surface area (Å²) in [6.45, 7) is 4.25. The van der Waals surface area contributed by atoms with Crippen molar-refractivity contribution in [3.63, 3.8) is 0 Å². The van der Waals surface area contributed by atoms with Crippen molar-refractivity contribution in [1.29, 1.82) is 0 Å². The normalized spacial score (nSPS) is 11.3. The second kappa shape index (κ2) is 7.76. The van der Waals surface area contributed by atoms with Crippen molar-refractivity contribution in [1.82, 2.24) is 5.32 Å². The third-order valence-electron chi connectivity index (χ3n) is 5.16. The number of carbonyl (C=O) groups is 1. The van der Waals surface area contributed by atoms with Crippen LogP contribution in [0.15, 0.2) is 56.3 Å². The first-order valence-electron chi connectivity index (χ1n) is 9.37. The zero-order valence-electron chi connectivity index (χ0n) is 16.2. The van der Waals surface area contributed by atoms with Crippen LogP contribution in [0.3, 0.4) is 0 Å². The maximum Gasteiger partial charge on any atom is 0.339 e. The molecule has 0 aliphatic carbocycles. The Labute approximate surface area is 172 Å². The number of halogens is 1. The fraction of sp³-hybridized carbons (Fsp3) is 0.217. The van der Waals surface area contributed by atoms with Crippen LogP contribution in [-0.4, -0.2) is 5.91 Å². The molecule has 0 fully saturated rings. The van der Waals surface area contributed by atoms with Crippen molar-refractivity contribution in [2.45, 2.75) is 33.2 Å². The van der Waals surface area contributed by atoms with Crippen LogP contribution in [-0.2, 0) is 17.8 Å². The lowest BCUT2D eigenvalue weighted by Gasteiger charge is -2.09. The van der Waals surface area contributed by atoms with Gasteiger partial charge in [-0.2, -0.15) is 0 Å². The minimum atomic E-state index is -0.416. The van der Waals surface area contributed by atoms with E-state index in [9.17, 15) is 9.59 Å². The maximum atomic E-state index is 12.5. The van der Waals surface area contributed by atoms with Gasteiger partial charge in [0.05, 0.1) is 6.26 Å². The van der Waals surface area contributed by atoms with Crippen LogP contribution in [0.2, 0.25) is 5.02 Å². The number of hydrogen-bond acceptors (Lipinski definition) is 4. The Hall–Kier alpha value is -3.05. The van der Waals surface area contributed by atoms with Gasteiger partial charge >= 0.3 is 5.63 Å². The molecule has 0 saturated carbocycles. The molecule has 5 nitrogen and oxygen atoms in total. The maximum absolute atomic E-state index is 12.5. The summed E-state index contributed by atoms with van der Waals surface area (Å²) < 4.78 is 11.0. The molecular weight excluding hydrogens is 390 g/mol. The number of furan rings is 1. The molecule has 1 N–H and O–H groups in total. The standard InChI is InChI=1S/C23H20ClNO4/c1-13-12-28-20-10-21-19(9-18(13)20)14(2)17(23(27)29-21)6-7-22(26)25-11-15-4-3-5-16(24)8-15/h3-5,8-10,12H,6-7,11H2,1-2H3,(H,25,26). The largest absolute Gasteiger partial charge is 0.464 e. The van der Waals surface area contributed by atoms with E-state index in [1.807, 2.05) is 38.1 Å². The Morgan fingerprint density at radius 3 is 2.72 bits per heavy atom. The predicted molar refractivity (Wildman–Crippen MR) is 113 cm³/mol. The first-order valence-corrected chi connectivity index (χ1v) is 9.75. The second-order valence-electron chi connectivity index (χ2n) is 7.16. The Balaban J connectivity index is 1.52. The molecule has 0 saturated heterocycles. The Morgan fingerprint density at radius 1 is 1.10 bits per heavy atom. The van der Waals surface area contributed by atoms with Gasteiger partial charge < -0.3 is 14.2 Å². The van der Waals surface area contributed by atoms with Gasteiger partial charge in [-0.1, -0.05) is 23.7 Å². The van der Waals surface area contributed by atoms with E-state index in [0.29, 0.717) is 34.7 Å². The quantitative estimate of drug-likeness (QED) is 0.468. The average Bonchev–Trinajstić information content (AvgIpc) is 3.05. The molecule has 4 rings (SSSR count). The summed E-state index contributed by atoms with van der Waals surface area (Å²) in [5.74, 6) is -0.134. The van der Waals surface area contributed by atoms with E-state index in [4.69, 9.17) is 20.4 Å². The predicted octanol–water partition coefficient (Wildman–Crippen LogP) is 5.06. The van der Waals surface area contributed by atoms with Gasteiger partial charge in [0.2, 0.25) is 5.91 Å². The molecule has 0 atom stereocenters. The van der Waals surface area contributed by atoms with Gasteiger partial charge in [0.1, 0.15) is 11.2 Å². The summed E-state index contributed by atoms with van der Waals surface area (Å²) in [5, 5.41) is 5.33. The van der Waals surface area contributed by atoms with E-state index in [-0.39, 0.29) is 12.3 Å². The molecule has 0 radical (unpaired) electrons. The van der Waals surface area contributed by atoms with Crippen LogP contribution in [0, 0.1) is 13.8 Å². The lowest BCUT2D eigenvalue weighted by atomic mass is 10.0. The third kappa shape index (κ3) is 3.91. The second-order valence-corrected chi connectivity index (χ2v) is 7.60. The van der Waals surface area contributed by atoms with Crippen molar-refractivity contribution < 1.29 is 13.6 Å². The summed E-state index contributed by atoms with van der Waals surface area (Å²) in [7, 11) is 0. The average molecular weight is 410 g/mol. The molecular formula is C23H20ClNO4. The molecule has 0 aliphatic heterocycles. The summed E-state index contributed by atoms with van der Waals surface area (Å²) in [4.78, 5) is 24.7. The zero-order chi connectivity index (χ0) is 20.5. The highest BCUT2D eigenvalue weighted by Crippen LogP contribution is 2.29. The van der Waals surface area contributed by atoms with E-state index in [0.717, 1.165) is 27.5 Å². The Kier molecular flexibility index (Phi) is 5.16. The molecule has 6 heteroatoms. The zero-order valence-corrected chi connectivity index (χ0v) is 16.9. The van der Waals surface area contributed by atoms with Crippen molar-refractivity contribution >= 4 is 39.4 Å². The van der Waals surface area contributed by atoms with E-state index in [1.54, 1.807) is 18.4 Å². The molecule has 0 bridgehead atoms. The Morgan fingerprint density at radius 2 is 1.93 bits per heavy atom. The lowest BCUT2D eigenvalue weighted by molar-refractivity contribution is -0.121. The summed E-state index contributed by atoms with van der Waals surface area (Å²) >= 11 is 5.96. The highest BCUT2D eigenvalue weighted by molar-refractivity contribution is 6.30. The van der Waals surface area contributed by atoms with Gasteiger partial charge in [-0.3, -0.25) is 4.79 Å². The van der Waals surface area contributed by atoms with E-state index in [1.165, 1.54) is 0 Å². The number of benzene rings is 2. The minimum Gasteiger partial charge on any atom is -0.464 e. The van der Waals surface area contributed by atoms with Gasteiger partial charge in [0, 0.05) is 40.4 Å². The summed E-state index contributed by atoms with van der Waals surface area (Å²) in [6.07, 6.45) is 2.20. The van der Waals surface area contributed by atoms with Gasteiger partial charge in [0.15, 0.2) is 0 Å². The van der Waals surface area contributed by atoms with Crippen molar-refractivity contribution in [2.24, 2.45) is 0 Å². The van der Waals surface area contributed by atoms with E-state index < -0.39 is 5.63 Å². The number of fused-ring (bicyclic) bond motifs is 2. The van der Waals surface area contributed by atoms with Gasteiger partial charge in [-0.05, 0) is 55.2 Å². The van der Waals surface area contributed by atoms with Gasteiger partial charge in [-0.25, -0.2) is 4.79 Å². The molecule has 4 aromatic rings. The smallest absolute Gasteiger partial charge is 0.339 e. The molecule has 2 heterocycles. The highest BCUT2D eigenvalue weighted by Gasteiger charge is 2.15. The number of nitrogens with one attached hydrogen (secondary N) is 1. The molecule has 0 aliphatic rings. The first-order chi connectivity index (χ1) is 13.9.